The van der Waals surface area contributed by atoms with Crippen molar-refractivity contribution in [1.82, 2.24) is 5.32 Å². The van der Waals surface area contributed by atoms with E-state index in [1.165, 1.54) is 16.2 Å². The first-order valence-electron chi connectivity index (χ1n) is 6.63. The molecule has 2 heterocycles. The maximum Gasteiger partial charge on any atom is 0.0509 e. The van der Waals surface area contributed by atoms with Gasteiger partial charge in [0.1, 0.15) is 0 Å². The highest BCUT2D eigenvalue weighted by molar-refractivity contribution is 7.12. The van der Waals surface area contributed by atoms with Gasteiger partial charge in [-0.15, -0.1) is 11.3 Å². The molecule has 0 saturated carbocycles. The largest absolute Gasteiger partial charge is 0.381 e. The number of rotatable bonds is 5. The van der Waals surface area contributed by atoms with Gasteiger partial charge in [0.15, 0.2) is 0 Å². The Hall–Kier alpha value is -0.380. The minimum atomic E-state index is 0.455. The SMILES string of the molecule is CCc1ccc(C(C)NC(C)C2CCOC2)s1. The van der Waals surface area contributed by atoms with Gasteiger partial charge in [0.05, 0.1) is 6.61 Å². The second-order valence-corrected chi connectivity index (χ2v) is 6.16. The lowest BCUT2D eigenvalue weighted by Gasteiger charge is -2.23. The predicted molar refractivity (Wildman–Crippen MR) is 73.6 cm³/mol. The fourth-order valence-corrected chi connectivity index (χ4v) is 3.34. The summed E-state index contributed by atoms with van der Waals surface area (Å²) < 4.78 is 5.45. The van der Waals surface area contributed by atoms with Crippen molar-refractivity contribution >= 4 is 11.3 Å². The molecule has 0 aliphatic carbocycles. The Balaban J connectivity index is 1.89. The van der Waals surface area contributed by atoms with E-state index >= 15 is 0 Å². The van der Waals surface area contributed by atoms with E-state index in [-0.39, 0.29) is 0 Å². The quantitative estimate of drug-likeness (QED) is 0.868. The van der Waals surface area contributed by atoms with Crippen LogP contribution in [-0.2, 0) is 11.2 Å². The lowest BCUT2D eigenvalue weighted by molar-refractivity contribution is 0.177. The Morgan fingerprint density at radius 2 is 2.29 bits per heavy atom. The molecule has 0 aromatic carbocycles. The first kappa shape index (κ1) is 13.1. The lowest BCUT2D eigenvalue weighted by Crippen LogP contribution is -2.35. The highest BCUT2D eigenvalue weighted by Crippen LogP contribution is 2.25. The van der Waals surface area contributed by atoms with E-state index in [0.29, 0.717) is 18.0 Å². The number of aryl methyl sites for hydroxylation is 1. The van der Waals surface area contributed by atoms with E-state index in [0.717, 1.165) is 19.6 Å². The molecule has 1 aliphatic rings. The third kappa shape index (κ3) is 3.30. The van der Waals surface area contributed by atoms with Crippen LogP contribution in [0.25, 0.3) is 0 Å². The topological polar surface area (TPSA) is 21.3 Å². The highest BCUT2D eigenvalue weighted by atomic mass is 32.1. The van der Waals surface area contributed by atoms with Gasteiger partial charge in [-0.25, -0.2) is 0 Å². The maximum absolute atomic E-state index is 5.45. The third-order valence-corrected chi connectivity index (χ3v) is 5.05. The van der Waals surface area contributed by atoms with Crippen LogP contribution < -0.4 is 5.32 Å². The molecular formula is C14H23NOS. The van der Waals surface area contributed by atoms with Crippen molar-refractivity contribution in [2.24, 2.45) is 5.92 Å². The van der Waals surface area contributed by atoms with Crippen molar-refractivity contribution in [1.29, 1.82) is 0 Å². The molecule has 2 nitrogen and oxygen atoms in total. The molecule has 0 spiro atoms. The van der Waals surface area contributed by atoms with Crippen molar-refractivity contribution in [3.63, 3.8) is 0 Å². The smallest absolute Gasteiger partial charge is 0.0509 e. The Bertz CT molecular complexity index is 344. The molecule has 3 unspecified atom stereocenters. The van der Waals surface area contributed by atoms with Crippen LogP contribution in [0.2, 0.25) is 0 Å². The van der Waals surface area contributed by atoms with Crippen LogP contribution in [0.15, 0.2) is 12.1 Å². The van der Waals surface area contributed by atoms with Gasteiger partial charge >= 0.3 is 0 Å². The molecule has 1 aliphatic heterocycles. The molecule has 1 fully saturated rings. The van der Waals surface area contributed by atoms with Crippen molar-refractivity contribution < 1.29 is 4.74 Å². The fraction of sp³-hybridized carbons (Fsp3) is 0.714. The Labute approximate surface area is 108 Å². The number of nitrogens with one attached hydrogen (secondary N) is 1. The lowest BCUT2D eigenvalue weighted by atomic mass is 10.00. The standard InChI is InChI=1S/C14H23NOS/c1-4-13-5-6-14(17-13)11(3)15-10(2)12-7-8-16-9-12/h5-6,10-12,15H,4,7-9H2,1-3H3. The average Bonchev–Trinajstić information content (AvgIpc) is 3.00. The zero-order chi connectivity index (χ0) is 12.3. The van der Waals surface area contributed by atoms with Crippen LogP contribution in [0, 0.1) is 5.92 Å². The van der Waals surface area contributed by atoms with Gasteiger partial charge in [0.2, 0.25) is 0 Å². The monoisotopic (exact) mass is 253 g/mol. The summed E-state index contributed by atoms with van der Waals surface area (Å²) in [5, 5.41) is 3.71. The zero-order valence-electron chi connectivity index (χ0n) is 11.0. The first-order valence-corrected chi connectivity index (χ1v) is 7.44. The third-order valence-electron chi connectivity index (χ3n) is 3.64. The average molecular weight is 253 g/mol. The van der Waals surface area contributed by atoms with E-state index < -0.39 is 0 Å². The van der Waals surface area contributed by atoms with Gasteiger partial charge in [0, 0.05) is 28.4 Å². The van der Waals surface area contributed by atoms with Crippen molar-refractivity contribution in [2.45, 2.75) is 45.7 Å². The highest BCUT2D eigenvalue weighted by Gasteiger charge is 2.23. The van der Waals surface area contributed by atoms with Gasteiger partial charge in [-0.05, 0) is 44.7 Å². The van der Waals surface area contributed by atoms with Gasteiger partial charge < -0.3 is 10.1 Å². The van der Waals surface area contributed by atoms with E-state index in [4.69, 9.17) is 4.74 Å². The predicted octanol–water partition coefficient (Wildman–Crippen LogP) is 3.39. The van der Waals surface area contributed by atoms with Crippen molar-refractivity contribution in [2.75, 3.05) is 13.2 Å². The van der Waals surface area contributed by atoms with Gasteiger partial charge in [-0.3, -0.25) is 0 Å². The van der Waals surface area contributed by atoms with Crippen LogP contribution >= 0.6 is 11.3 Å². The number of thiophene rings is 1. The molecule has 0 amide bonds. The second kappa shape index (κ2) is 5.98. The Morgan fingerprint density at radius 1 is 1.47 bits per heavy atom. The second-order valence-electron chi connectivity index (χ2n) is 4.96. The zero-order valence-corrected chi connectivity index (χ0v) is 11.8. The molecule has 3 atom stereocenters. The van der Waals surface area contributed by atoms with Crippen LogP contribution in [0.5, 0.6) is 0 Å². The van der Waals surface area contributed by atoms with Crippen LogP contribution in [0.4, 0.5) is 0 Å². The summed E-state index contributed by atoms with van der Waals surface area (Å²) in [4.78, 5) is 2.93. The summed E-state index contributed by atoms with van der Waals surface area (Å²) in [6, 6.07) is 5.51. The molecule has 1 saturated heterocycles. The van der Waals surface area contributed by atoms with Crippen LogP contribution in [-0.4, -0.2) is 19.3 Å². The maximum atomic E-state index is 5.45. The molecule has 0 radical (unpaired) electrons. The first-order chi connectivity index (χ1) is 8.20. The summed E-state index contributed by atoms with van der Waals surface area (Å²) >= 11 is 1.93. The molecule has 1 aromatic rings. The Morgan fingerprint density at radius 3 is 2.88 bits per heavy atom. The normalized spacial score (nSPS) is 23.8. The minimum absolute atomic E-state index is 0.455. The van der Waals surface area contributed by atoms with E-state index in [2.05, 4.69) is 38.2 Å². The van der Waals surface area contributed by atoms with Crippen molar-refractivity contribution in [3.05, 3.63) is 21.9 Å². The minimum Gasteiger partial charge on any atom is -0.381 e. The molecular weight excluding hydrogens is 230 g/mol. The molecule has 1 N–H and O–H groups in total. The molecule has 96 valence electrons. The van der Waals surface area contributed by atoms with Crippen LogP contribution in [0.1, 0.15) is 43.0 Å². The summed E-state index contributed by atoms with van der Waals surface area (Å²) in [6.45, 7) is 8.61. The summed E-state index contributed by atoms with van der Waals surface area (Å²) in [6.07, 6.45) is 2.34. The van der Waals surface area contributed by atoms with Crippen molar-refractivity contribution in [3.8, 4) is 0 Å². The number of ether oxygens (including phenoxy) is 1. The molecule has 1 aromatic heterocycles. The van der Waals surface area contributed by atoms with Gasteiger partial charge in [-0.1, -0.05) is 6.92 Å². The van der Waals surface area contributed by atoms with E-state index in [1.807, 2.05) is 11.3 Å². The van der Waals surface area contributed by atoms with E-state index in [1.54, 1.807) is 0 Å². The number of hydrogen-bond donors (Lipinski definition) is 1. The molecule has 17 heavy (non-hydrogen) atoms. The molecule has 2 rings (SSSR count). The summed E-state index contributed by atoms with van der Waals surface area (Å²) in [5.41, 5.74) is 0. The van der Waals surface area contributed by atoms with Crippen LogP contribution in [0.3, 0.4) is 0 Å². The van der Waals surface area contributed by atoms with Gasteiger partial charge in [-0.2, -0.15) is 0 Å². The van der Waals surface area contributed by atoms with E-state index in [9.17, 15) is 0 Å². The number of hydrogen-bond acceptors (Lipinski definition) is 3. The van der Waals surface area contributed by atoms with Gasteiger partial charge in [0.25, 0.3) is 0 Å². The summed E-state index contributed by atoms with van der Waals surface area (Å²) in [5.74, 6) is 0.683. The molecule has 0 bridgehead atoms. The fourth-order valence-electron chi connectivity index (χ4n) is 2.38. The Kier molecular flexibility index (Phi) is 4.60. The molecule has 3 heteroatoms. The summed E-state index contributed by atoms with van der Waals surface area (Å²) in [7, 11) is 0.